The molecule has 0 aromatic carbocycles. The molecule has 88 valence electrons. The zero-order valence-corrected chi connectivity index (χ0v) is 10.4. The van der Waals surface area contributed by atoms with Gasteiger partial charge in [0.15, 0.2) is 0 Å². The Morgan fingerprint density at radius 2 is 2.50 bits per heavy atom. The molecule has 1 saturated heterocycles. The van der Waals surface area contributed by atoms with E-state index in [1.807, 2.05) is 6.07 Å². The van der Waals surface area contributed by atoms with Gasteiger partial charge in [0.05, 0.1) is 5.02 Å². The molecule has 0 spiro atoms. The van der Waals surface area contributed by atoms with Crippen LogP contribution >= 0.6 is 11.6 Å². The average Bonchev–Trinajstić information content (AvgIpc) is 2.46. The van der Waals surface area contributed by atoms with Crippen molar-refractivity contribution in [2.75, 3.05) is 19.6 Å². The number of hydrogen-bond donors (Lipinski definition) is 1. The maximum atomic E-state index is 6.12. The highest BCUT2D eigenvalue weighted by atomic mass is 35.5. The van der Waals surface area contributed by atoms with E-state index >= 15 is 0 Å². The van der Waals surface area contributed by atoms with E-state index in [0.717, 1.165) is 31.2 Å². The molecule has 1 unspecified atom stereocenters. The summed E-state index contributed by atoms with van der Waals surface area (Å²) in [5.74, 6) is 0. The molecule has 1 aliphatic rings. The lowest BCUT2D eigenvalue weighted by Gasteiger charge is -2.22. The minimum atomic E-state index is 0.558. The highest BCUT2D eigenvalue weighted by Gasteiger charge is 2.14. The van der Waals surface area contributed by atoms with E-state index < -0.39 is 0 Å². The largest absolute Gasteiger partial charge is 0.313 e. The molecule has 0 amide bonds. The summed E-state index contributed by atoms with van der Waals surface area (Å²) < 4.78 is 0. The first kappa shape index (κ1) is 11.8. The Balaban J connectivity index is 2.00. The second kappa shape index (κ2) is 5.62. The van der Waals surface area contributed by atoms with Crippen LogP contribution < -0.4 is 5.32 Å². The van der Waals surface area contributed by atoms with E-state index in [-0.39, 0.29) is 0 Å². The van der Waals surface area contributed by atoms with Gasteiger partial charge in [0.1, 0.15) is 0 Å². The Morgan fingerprint density at radius 1 is 1.62 bits per heavy atom. The van der Waals surface area contributed by atoms with Crippen LogP contribution in [0.5, 0.6) is 0 Å². The summed E-state index contributed by atoms with van der Waals surface area (Å²) in [5.41, 5.74) is 1.17. The maximum Gasteiger partial charge on any atom is 0.0634 e. The molecule has 0 aliphatic carbocycles. The molecule has 2 rings (SSSR count). The van der Waals surface area contributed by atoms with Crippen LogP contribution in [0.4, 0.5) is 0 Å². The fraction of sp³-hybridized carbons (Fsp3) is 0.583. The van der Waals surface area contributed by atoms with Gasteiger partial charge >= 0.3 is 0 Å². The maximum absolute atomic E-state index is 6.12. The normalized spacial score (nSPS) is 23.0. The molecule has 1 atom stereocenters. The lowest BCUT2D eigenvalue weighted by molar-refractivity contribution is 0.265. The van der Waals surface area contributed by atoms with Crippen molar-refractivity contribution >= 4 is 11.6 Å². The summed E-state index contributed by atoms with van der Waals surface area (Å²) in [4.78, 5) is 6.46. The van der Waals surface area contributed by atoms with Crippen LogP contribution in [-0.4, -0.2) is 35.6 Å². The zero-order chi connectivity index (χ0) is 11.4. The molecule has 16 heavy (non-hydrogen) atoms. The zero-order valence-electron chi connectivity index (χ0n) is 9.62. The fourth-order valence-electron chi connectivity index (χ4n) is 2.11. The van der Waals surface area contributed by atoms with Crippen molar-refractivity contribution in [1.82, 2.24) is 15.2 Å². The van der Waals surface area contributed by atoms with Crippen molar-refractivity contribution in [2.45, 2.75) is 25.9 Å². The summed E-state index contributed by atoms with van der Waals surface area (Å²) in [6.07, 6.45) is 4.73. The second-order valence-electron chi connectivity index (χ2n) is 4.41. The molecule has 4 heteroatoms. The lowest BCUT2D eigenvalue weighted by Crippen LogP contribution is -2.35. The topological polar surface area (TPSA) is 28.2 Å². The van der Waals surface area contributed by atoms with Crippen LogP contribution in [0.15, 0.2) is 18.5 Å². The molecule has 1 fully saturated rings. The summed E-state index contributed by atoms with van der Waals surface area (Å²) in [5, 5.41) is 4.26. The van der Waals surface area contributed by atoms with Crippen molar-refractivity contribution < 1.29 is 0 Å². The second-order valence-corrected chi connectivity index (χ2v) is 4.82. The molecule has 2 heterocycles. The quantitative estimate of drug-likeness (QED) is 0.855. The van der Waals surface area contributed by atoms with Crippen LogP contribution in [0.25, 0.3) is 0 Å². The molecule has 0 bridgehead atoms. The Hall–Kier alpha value is -0.640. The van der Waals surface area contributed by atoms with Gasteiger partial charge < -0.3 is 5.32 Å². The van der Waals surface area contributed by atoms with Gasteiger partial charge in [-0.2, -0.15) is 0 Å². The van der Waals surface area contributed by atoms with E-state index in [1.54, 1.807) is 12.4 Å². The Morgan fingerprint density at radius 3 is 3.31 bits per heavy atom. The Kier molecular flexibility index (Phi) is 4.16. The molecule has 1 aliphatic heterocycles. The highest BCUT2D eigenvalue weighted by Crippen LogP contribution is 2.16. The Bertz CT molecular complexity index is 343. The fourth-order valence-corrected chi connectivity index (χ4v) is 2.29. The highest BCUT2D eigenvalue weighted by molar-refractivity contribution is 6.31. The number of hydrogen-bond acceptors (Lipinski definition) is 3. The predicted octanol–water partition coefficient (Wildman–Crippen LogP) is 1.92. The van der Waals surface area contributed by atoms with Crippen molar-refractivity contribution in [1.29, 1.82) is 0 Å². The number of nitrogens with one attached hydrogen (secondary N) is 1. The predicted molar refractivity (Wildman–Crippen MR) is 66.6 cm³/mol. The summed E-state index contributed by atoms with van der Waals surface area (Å²) in [7, 11) is 0. The van der Waals surface area contributed by atoms with E-state index in [1.165, 1.54) is 12.0 Å². The number of halogens is 1. The van der Waals surface area contributed by atoms with Gasteiger partial charge in [-0.1, -0.05) is 11.6 Å². The first-order valence-electron chi connectivity index (χ1n) is 5.80. The first-order chi connectivity index (χ1) is 7.75. The van der Waals surface area contributed by atoms with E-state index in [2.05, 4.69) is 22.1 Å². The number of nitrogens with zero attached hydrogens (tertiary/aromatic N) is 2. The molecular formula is C12H18ClN3. The van der Waals surface area contributed by atoms with Gasteiger partial charge in [-0.25, -0.2) is 0 Å². The van der Waals surface area contributed by atoms with Crippen LogP contribution in [0.2, 0.25) is 5.02 Å². The van der Waals surface area contributed by atoms with E-state index in [0.29, 0.717) is 6.04 Å². The van der Waals surface area contributed by atoms with Crippen molar-refractivity contribution in [3.63, 3.8) is 0 Å². The molecule has 0 radical (unpaired) electrons. The molecule has 3 nitrogen and oxygen atoms in total. The van der Waals surface area contributed by atoms with Crippen molar-refractivity contribution in [3.8, 4) is 0 Å². The molecular weight excluding hydrogens is 222 g/mol. The molecule has 1 aromatic rings. The summed E-state index contributed by atoms with van der Waals surface area (Å²) in [6.45, 7) is 6.48. The van der Waals surface area contributed by atoms with Gasteiger partial charge in [0.2, 0.25) is 0 Å². The smallest absolute Gasteiger partial charge is 0.0634 e. The first-order valence-corrected chi connectivity index (χ1v) is 6.17. The van der Waals surface area contributed by atoms with Gasteiger partial charge in [0.25, 0.3) is 0 Å². The third kappa shape index (κ3) is 3.17. The number of rotatable bonds is 2. The molecule has 1 N–H and O–H groups in total. The number of pyridine rings is 1. The lowest BCUT2D eigenvalue weighted by atomic mass is 10.2. The van der Waals surface area contributed by atoms with E-state index in [9.17, 15) is 0 Å². The minimum Gasteiger partial charge on any atom is -0.313 e. The summed E-state index contributed by atoms with van der Waals surface area (Å²) >= 11 is 6.12. The summed E-state index contributed by atoms with van der Waals surface area (Å²) in [6, 6.07) is 2.56. The molecule has 0 saturated carbocycles. The monoisotopic (exact) mass is 239 g/mol. The van der Waals surface area contributed by atoms with Crippen LogP contribution in [-0.2, 0) is 6.54 Å². The van der Waals surface area contributed by atoms with Gasteiger partial charge in [0, 0.05) is 31.5 Å². The minimum absolute atomic E-state index is 0.558. The average molecular weight is 240 g/mol. The van der Waals surface area contributed by atoms with Crippen LogP contribution in [0, 0.1) is 0 Å². The SMILES string of the molecule is CC1CN(Cc2ccncc2Cl)CCCN1. The van der Waals surface area contributed by atoms with Crippen molar-refractivity contribution in [3.05, 3.63) is 29.0 Å². The van der Waals surface area contributed by atoms with E-state index in [4.69, 9.17) is 11.6 Å². The third-order valence-corrected chi connectivity index (χ3v) is 3.27. The van der Waals surface area contributed by atoms with Gasteiger partial charge in [-0.3, -0.25) is 9.88 Å². The third-order valence-electron chi connectivity index (χ3n) is 2.93. The molecule has 1 aromatic heterocycles. The van der Waals surface area contributed by atoms with Gasteiger partial charge in [-0.05, 0) is 38.1 Å². The standard InChI is InChI=1S/C12H18ClN3/c1-10-8-16(6-2-4-15-10)9-11-3-5-14-7-12(11)13/h3,5,7,10,15H,2,4,6,8-9H2,1H3. The Labute approximate surface area is 102 Å². The van der Waals surface area contributed by atoms with Crippen LogP contribution in [0.1, 0.15) is 18.9 Å². The van der Waals surface area contributed by atoms with Crippen LogP contribution in [0.3, 0.4) is 0 Å². The number of aromatic nitrogens is 1. The van der Waals surface area contributed by atoms with Crippen molar-refractivity contribution in [2.24, 2.45) is 0 Å². The van der Waals surface area contributed by atoms with Gasteiger partial charge in [-0.15, -0.1) is 0 Å².